The number of nitrogens with two attached hydrogens (primary N) is 1. The summed E-state index contributed by atoms with van der Waals surface area (Å²) in [7, 11) is 0. The minimum absolute atomic E-state index is 0.0486. The number of ketones is 1. The third-order valence-electron chi connectivity index (χ3n) is 9.26. The normalized spacial score (nSPS) is 13.3. The monoisotopic (exact) mass is 908 g/mol. The number of aliphatic carboxylic acids is 5. The van der Waals surface area contributed by atoms with Crippen molar-refractivity contribution in [3.63, 3.8) is 0 Å². The van der Waals surface area contributed by atoms with Crippen LogP contribution in [0.2, 0.25) is 0 Å². The summed E-state index contributed by atoms with van der Waals surface area (Å²) in [6.45, 7) is 5.45. The van der Waals surface area contributed by atoms with Gasteiger partial charge in [0, 0.05) is 24.9 Å². The van der Waals surface area contributed by atoms with Crippen molar-refractivity contribution in [3.05, 3.63) is 35.4 Å². The van der Waals surface area contributed by atoms with Crippen LogP contribution in [0.15, 0.2) is 24.3 Å². The molecule has 24 nitrogen and oxygen atoms in total. The van der Waals surface area contributed by atoms with Crippen LogP contribution in [0.1, 0.15) is 96.1 Å². The van der Waals surface area contributed by atoms with Gasteiger partial charge in [-0.25, -0.2) is 19.2 Å². The molecule has 24 heteroatoms. The van der Waals surface area contributed by atoms with Crippen LogP contribution in [0.5, 0.6) is 0 Å². The Kier molecular flexibility index (Phi) is 24.1. The number of Topliss-reactive ketones (excluding diaryl/α,β-unsaturated/α-hetero) is 1. The van der Waals surface area contributed by atoms with Crippen LogP contribution in [0.25, 0.3) is 0 Å². The van der Waals surface area contributed by atoms with E-state index in [1.54, 1.807) is 45.0 Å². The zero-order chi connectivity index (χ0) is 48.6. The van der Waals surface area contributed by atoms with Gasteiger partial charge in [-0.15, -0.1) is 0 Å². The first-order valence-electron chi connectivity index (χ1n) is 20.3. The molecule has 0 aromatic heterocycles. The van der Waals surface area contributed by atoms with Gasteiger partial charge in [-0.2, -0.15) is 0 Å². The van der Waals surface area contributed by atoms with E-state index in [-0.39, 0.29) is 44.6 Å². The number of carboxylic acid groups (broad SMARTS) is 5. The molecule has 0 fully saturated rings. The number of carbonyl (C=O) groups excluding carboxylic acids is 6. The highest BCUT2D eigenvalue weighted by Gasteiger charge is 2.35. The summed E-state index contributed by atoms with van der Waals surface area (Å²) >= 11 is 0. The van der Waals surface area contributed by atoms with Crippen molar-refractivity contribution < 1.29 is 78.3 Å². The third-order valence-corrected chi connectivity index (χ3v) is 9.26. The van der Waals surface area contributed by atoms with Gasteiger partial charge in [0.2, 0.25) is 17.7 Å². The number of urea groups is 2. The Morgan fingerprint density at radius 3 is 1.53 bits per heavy atom. The van der Waals surface area contributed by atoms with E-state index in [0.717, 1.165) is 0 Å². The van der Waals surface area contributed by atoms with Crippen LogP contribution in [-0.4, -0.2) is 134 Å². The molecule has 0 aliphatic carbocycles. The Bertz CT molecular complexity index is 1820. The lowest BCUT2D eigenvalue weighted by Crippen LogP contribution is -2.57. The number of carboxylic acids is 5. The fourth-order valence-electron chi connectivity index (χ4n) is 5.86. The molecule has 1 rings (SSSR count). The molecule has 0 aliphatic rings. The van der Waals surface area contributed by atoms with E-state index in [4.69, 9.17) is 15.9 Å². The van der Waals surface area contributed by atoms with Crippen LogP contribution in [0, 0.1) is 5.41 Å². The first kappa shape index (κ1) is 55.2. The third kappa shape index (κ3) is 22.8. The Hall–Kier alpha value is -6.85. The molecule has 1 aromatic rings. The van der Waals surface area contributed by atoms with E-state index in [2.05, 4.69) is 31.9 Å². The maximum atomic E-state index is 13.3. The summed E-state index contributed by atoms with van der Waals surface area (Å²) in [5.41, 5.74) is 5.72. The highest BCUT2D eigenvalue weighted by atomic mass is 16.4. The number of benzene rings is 1. The number of hydrogen-bond donors (Lipinski definition) is 13. The van der Waals surface area contributed by atoms with Crippen molar-refractivity contribution in [2.45, 2.75) is 128 Å². The van der Waals surface area contributed by atoms with E-state index in [9.17, 15) is 68.1 Å². The number of nitrogens with one attached hydrogen (secondary N) is 7. The van der Waals surface area contributed by atoms with Crippen LogP contribution in [-0.2, 0) is 56.1 Å². The van der Waals surface area contributed by atoms with Gasteiger partial charge in [0.25, 0.3) is 0 Å². The summed E-state index contributed by atoms with van der Waals surface area (Å²) in [6, 6.07) is -2.81. The number of rotatable bonds is 30. The van der Waals surface area contributed by atoms with Gasteiger partial charge in [-0.3, -0.25) is 33.6 Å². The molecule has 5 atom stereocenters. The van der Waals surface area contributed by atoms with Gasteiger partial charge in [0.15, 0.2) is 5.78 Å². The molecule has 14 N–H and O–H groups in total. The predicted molar refractivity (Wildman–Crippen MR) is 223 cm³/mol. The summed E-state index contributed by atoms with van der Waals surface area (Å²) < 4.78 is 0. The second-order valence-electron chi connectivity index (χ2n) is 15.8. The highest BCUT2D eigenvalue weighted by molar-refractivity contribution is 5.98. The van der Waals surface area contributed by atoms with Crippen LogP contribution >= 0.6 is 0 Å². The molecular formula is C40H60N8O16. The van der Waals surface area contributed by atoms with E-state index in [1.807, 2.05) is 5.32 Å². The molecule has 0 unspecified atom stereocenters. The summed E-state index contributed by atoms with van der Waals surface area (Å²) in [4.78, 5) is 134. The molecule has 0 saturated carbocycles. The molecule has 0 aliphatic heterocycles. The topological polar surface area (TPSA) is 399 Å². The maximum absolute atomic E-state index is 13.3. The quantitative estimate of drug-likeness (QED) is 0.0429. The molecule has 0 heterocycles. The van der Waals surface area contributed by atoms with Gasteiger partial charge in [-0.05, 0) is 62.6 Å². The molecular weight excluding hydrogens is 848 g/mol. The fraction of sp³-hybridized carbons (Fsp3) is 0.575. The summed E-state index contributed by atoms with van der Waals surface area (Å²) in [5, 5.41) is 62.6. The average Bonchev–Trinajstić information content (AvgIpc) is 3.19. The zero-order valence-electron chi connectivity index (χ0n) is 35.9. The molecule has 64 heavy (non-hydrogen) atoms. The molecule has 0 saturated heterocycles. The van der Waals surface area contributed by atoms with Crippen LogP contribution in [0.3, 0.4) is 0 Å². The predicted octanol–water partition coefficient (Wildman–Crippen LogP) is -0.583. The average molecular weight is 909 g/mol. The van der Waals surface area contributed by atoms with Crippen molar-refractivity contribution in [2.75, 3.05) is 13.1 Å². The fourth-order valence-corrected chi connectivity index (χ4v) is 5.86. The number of amides is 7. The smallest absolute Gasteiger partial charge is 0.326 e. The summed E-state index contributed by atoms with van der Waals surface area (Å²) in [5.74, 6) is -10.4. The lowest BCUT2D eigenvalue weighted by atomic mass is 9.84. The minimum atomic E-state index is -1.73. The SMILES string of the molecule is CC(C)(C)C(=O)[C@H](CCCCN)NC(=O)[C@H](CC(=O)O)NC(=O)[C@H](CC(=O)O)NC(=O)Cc1ccc(CNC(=O)NCCCC[C@H](NC(=O)N[C@@H](CCC(=O)O)C(=O)O)C(=O)O)cc1. The van der Waals surface area contributed by atoms with Gasteiger partial charge in [0.05, 0.1) is 25.3 Å². The molecule has 356 valence electrons. The van der Waals surface area contributed by atoms with E-state index in [0.29, 0.717) is 36.9 Å². The number of unbranched alkanes of at least 4 members (excludes halogenated alkanes) is 2. The number of carbonyl (C=O) groups is 11. The zero-order valence-corrected chi connectivity index (χ0v) is 35.9. The van der Waals surface area contributed by atoms with E-state index in [1.165, 1.54) is 0 Å². The lowest BCUT2D eigenvalue weighted by molar-refractivity contribution is -0.143. The first-order valence-corrected chi connectivity index (χ1v) is 20.3. The van der Waals surface area contributed by atoms with E-state index >= 15 is 0 Å². The second kappa shape index (κ2) is 28.0. The van der Waals surface area contributed by atoms with Gasteiger partial charge in [-0.1, -0.05) is 45.0 Å². The summed E-state index contributed by atoms with van der Waals surface area (Å²) in [6.07, 6.45) is -1.40. The van der Waals surface area contributed by atoms with Crippen molar-refractivity contribution in [3.8, 4) is 0 Å². The Labute approximate surface area is 368 Å². The van der Waals surface area contributed by atoms with Crippen molar-refractivity contribution in [2.24, 2.45) is 11.1 Å². The van der Waals surface area contributed by atoms with E-state index < -0.39 is 121 Å². The Morgan fingerprint density at radius 1 is 0.547 bits per heavy atom. The molecule has 0 radical (unpaired) electrons. The molecule has 7 amide bonds. The Balaban J connectivity index is 2.73. The maximum Gasteiger partial charge on any atom is 0.326 e. The first-order chi connectivity index (χ1) is 29.9. The highest BCUT2D eigenvalue weighted by Crippen LogP contribution is 2.20. The standard InChI is InChI=1S/C40H60N8O16/c1-40(2,3)33(56)24(8-4-6-16-41)45-35(58)28(20-32(54)55)46-34(57)27(19-31(52)53)44-29(49)18-22-10-12-23(13-11-22)21-43-38(63)42-17-7-5-9-25(36(59)60)47-39(64)48-26(37(61)62)14-15-30(50)51/h10-13,24-28H,4-9,14-21,41H2,1-3H3,(H,44,49)(H,45,58)(H,46,57)(H,50,51)(H,52,53)(H,54,55)(H,59,60)(H,61,62)(H2,42,43,63)(H2,47,48,64)/t24-,25-,26-,27-,28-/m0/s1. The van der Waals surface area contributed by atoms with Crippen molar-refractivity contribution in [1.82, 2.24) is 37.2 Å². The number of hydrogen-bond acceptors (Lipinski definition) is 12. The Morgan fingerprint density at radius 2 is 1.03 bits per heavy atom. The lowest BCUT2D eigenvalue weighted by Gasteiger charge is -2.28. The second-order valence-corrected chi connectivity index (χ2v) is 15.8. The van der Waals surface area contributed by atoms with Crippen LogP contribution < -0.4 is 43.0 Å². The minimum Gasteiger partial charge on any atom is -0.481 e. The molecule has 0 spiro atoms. The van der Waals surface area contributed by atoms with Gasteiger partial charge < -0.3 is 68.5 Å². The van der Waals surface area contributed by atoms with Crippen molar-refractivity contribution in [1.29, 1.82) is 0 Å². The molecule has 0 bridgehead atoms. The van der Waals surface area contributed by atoms with Gasteiger partial charge >= 0.3 is 41.9 Å². The van der Waals surface area contributed by atoms with Gasteiger partial charge in [0.1, 0.15) is 24.2 Å². The van der Waals surface area contributed by atoms with Crippen LogP contribution in [0.4, 0.5) is 9.59 Å². The van der Waals surface area contributed by atoms with Crippen molar-refractivity contribution >= 4 is 65.4 Å². The molecule has 1 aromatic carbocycles. The largest absolute Gasteiger partial charge is 0.481 e.